The predicted octanol–water partition coefficient (Wildman–Crippen LogP) is 5.07. The summed E-state index contributed by atoms with van der Waals surface area (Å²) >= 11 is 0. The van der Waals surface area contributed by atoms with Crippen molar-refractivity contribution < 1.29 is 9.53 Å². The molecule has 4 heteroatoms. The second kappa shape index (κ2) is 8.81. The maximum Gasteiger partial charge on any atom is 0.244 e. The first kappa shape index (κ1) is 18.4. The molecule has 0 saturated carbocycles. The van der Waals surface area contributed by atoms with Gasteiger partial charge in [0.1, 0.15) is 11.5 Å². The van der Waals surface area contributed by atoms with E-state index in [0.717, 1.165) is 22.6 Å². The van der Waals surface area contributed by atoms with E-state index in [1.165, 1.54) is 5.56 Å². The van der Waals surface area contributed by atoms with Gasteiger partial charge in [0.25, 0.3) is 0 Å². The quantitative estimate of drug-likeness (QED) is 0.626. The van der Waals surface area contributed by atoms with Crippen LogP contribution in [0.25, 0.3) is 6.08 Å². The first-order valence-corrected chi connectivity index (χ1v) is 8.83. The van der Waals surface area contributed by atoms with Crippen LogP contribution in [-0.2, 0) is 4.79 Å². The highest BCUT2D eigenvalue weighted by Gasteiger charge is 2.09. The van der Waals surface area contributed by atoms with Gasteiger partial charge in [-0.05, 0) is 55.3 Å². The SMILES string of the molecule is Cc1ccc(/C=C/C(=O)N[C@@H](C)c2cccc(Oc3ccncc3)c2)cc1. The highest BCUT2D eigenvalue weighted by molar-refractivity contribution is 5.91. The molecule has 0 aliphatic heterocycles. The molecule has 1 heterocycles. The molecule has 2 aromatic carbocycles. The zero-order valence-electron chi connectivity index (χ0n) is 15.4. The van der Waals surface area contributed by atoms with Gasteiger partial charge in [-0.15, -0.1) is 0 Å². The number of benzene rings is 2. The van der Waals surface area contributed by atoms with Gasteiger partial charge < -0.3 is 10.1 Å². The third kappa shape index (κ3) is 5.54. The topological polar surface area (TPSA) is 51.2 Å². The molecule has 27 heavy (non-hydrogen) atoms. The van der Waals surface area contributed by atoms with Crippen molar-refractivity contribution in [3.63, 3.8) is 0 Å². The minimum absolute atomic E-state index is 0.136. The lowest BCUT2D eigenvalue weighted by Gasteiger charge is -2.14. The van der Waals surface area contributed by atoms with Crippen LogP contribution in [0.4, 0.5) is 0 Å². The maximum atomic E-state index is 12.2. The van der Waals surface area contributed by atoms with E-state index in [4.69, 9.17) is 4.74 Å². The number of hydrogen-bond acceptors (Lipinski definition) is 3. The zero-order valence-corrected chi connectivity index (χ0v) is 15.4. The summed E-state index contributed by atoms with van der Waals surface area (Å²) in [5, 5.41) is 2.98. The van der Waals surface area contributed by atoms with Crippen molar-refractivity contribution in [2.75, 3.05) is 0 Å². The molecule has 0 aliphatic rings. The minimum Gasteiger partial charge on any atom is -0.457 e. The Morgan fingerprint density at radius 1 is 1.04 bits per heavy atom. The van der Waals surface area contributed by atoms with E-state index in [0.29, 0.717) is 0 Å². The Kier molecular flexibility index (Phi) is 6.00. The van der Waals surface area contributed by atoms with Crippen LogP contribution >= 0.6 is 0 Å². The van der Waals surface area contributed by atoms with Gasteiger partial charge in [0, 0.05) is 18.5 Å². The van der Waals surface area contributed by atoms with Crippen LogP contribution in [0.5, 0.6) is 11.5 Å². The van der Waals surface area contributed by atoms with Crippen LogP contribution in [0.3, 0.4) is 0 Å². The molecule has 1 aromatic heterocycles. The van der Waals surface area contributed by atoms with Gasteiger partial charge in [0.15, 0.2) is 0 Å². The number of carbonyl (C=O) groups is 1. The van der Waals surface area contributed by atoms with Gasteiger partial charge >= 0.3 is 0 Å². The van der Waals surface area contributed by atoms with E-state index < -0.39 is 0 Å². The number of amides is 1. The fourth-order valence-corrected chi connectivity index (χ4v) is 2.58. The molecule has 3 rings (SSSR count). The summed E-state index contributed by atoms with van der Waals surface area (Å²) in [6, 6.07) is 19.2. The number of carbonyl (C=O) groups excluding carboxylic acids is 1. The molecule has 0 bridgehead atoms. The minimum atomic E-state index is -0.138. The third-order valence-electron chi connectivity index (χ3n) is 4.11. The molecule has 1 N–H and O–H groups in total. The Bertz CT molecular complexity index is 919. The Hall–Kier alpha value is -3.40. The van der Waals surface area contributed by atoms with Crippen LogP contribution in [0.2, 0.25) is 0 Å². The standard InChI is InChI=1S/C23H22N2O2/c1-17-6-8-19(9-7-17)10-11-23(26)25-18(2)20-4-3-5-22(16-20)27-21-12-14-24-15-13-21/h3-16,18H,1-2H3,(H,25,26)/b11-10+/t18-/m0/s1. The van der Waals surface area contributed by atoms with Gasteiger partial charge in [-0.1, -0.05) is 42.0 Å². The van der Waals surface area contributed by atoms with Crippen molar-refractivity contribution in [3.8, 4) is 11.5 Å². The highest BCUT2D eigenvalue weighted by Crippen LogP contribution is 2.24. The molecule has 4 nitrogen and oxygen atoms in total. The van der Waals surface area contributed by atoms with Crippen molar-refractivity contribution in [1.82, 2.24) is 10.3 Å². The monoisotopic (exact) mass is 358 g/mol. The van der Waals surface area contributed by atoms with Crippen molar-refractivity contribution >= 4 is 12.0 Å². The number of rotatable bonds is 6. The van der Waals surface area contributed by atoms with Gasteiger partial charge in [-0.2, -0.15) is 0 Å². The van der Waals surface area contributed by atoms with Crippen LogP contribution in [-0.4, -0.2) is 10.9 Å². The van der Waals surface area contributed by atoms with E-state index in [9.17, 15) is 4.79 Å². The second-order valence-corrected chi connectivity index (χ2v) is 6.33. The zero-order chi connectivity index (χ0) is 19.1. The van der Waals surface area contributed by atoms with Crippen LogP contribution < -0.4 is 10.1 Å². The number of nitrogens with zero attached hydrogens (tertiary/aromatic N) is 1. The molecule has 1 amide bonds. The maximum absolute atomic E-state index is 12.2. The van der Waals surface area contributed by atoms with Crippen LogP contribution in [0.1, 0.15) is 29.7 Å². The number of aromatic nitrogens is 1. The molecule has 0 fully saturated rings. The molecule has 0 saturated heterocycles. The van der Waals surface area contributed by atoms with E-state index in [-0.39, 0.29) is 11.9 Å². The molecular formula is C23H22N2O2. The van der Waals surface area contributed by atoms with Gasteiger partial charge in [0.05, 0.1) is 6.04 Å². The summed E-state index contributed by atoms with van der Waals surface area (Å²) in [7, 11) is 0. The van der Waals surface area contributed by atoms with E-state index in [2.05, 4.69) is 10.3 Å². The summed E-state index contributed by atoms with van der Waals surface area (Å²) < 4.78 is 5.82. The van der Waals surface area contributed by atoms with E-state index in [1.807, 2.05) is 68.5 Å². The van der Waals surface area contributed by atoms with Gasteiger partial charge in [0.2, 0.25) is 5.91 Å². The lowest BCUT2D eigenvalue weighted by Crippen LogP contribution is -2.24. The summed E-state index contributed by atoms with van der Waals surface area (Å²) in [5.74, 6) is 1.30. The van der Waals surface area contributed by atoms with E-state index in [1.54, 1.807) is 30.6 Å². The largest absolute Gasteiger partial charge is 0.457 e. The number of hydrogen-bond donors (Lipinski definition) is 1. The van der Waals surface area contributed by atoms with Crippen LogP contribution in [0, 0.1) is 6.92 Å². The predicted molar refractivity (Wildman–Crippen MR) is 108 cm³/mol. The average molecular weight is 358 g/mol. The number of aryl methyl sites for hydroxylation is 1. The molecule has 3 aromatic rings. The third-order valence-corrected chi connectivity index (χ3v) is 4.11. The van der Waals surface area contributed by atoms with Gasteiger partial charge in [-0.3, -0.25) is 9.78 Å². The summed E-state index contributed by atoms with van der Waals surface area (Å²) in [6.45, 7) is 3.98. The summed E-state index contributed by atoms with van der Waals surface area (Å²) in [4.78, 5) is 16.2. The number of pyridine rings is 1. The molecule has 0 radical (unpaired) electrons. The van der Waals surface area contributed by atoms with Crippen molar-refractivity contribution in [3.05, 3.63) is 95.8 Å². The van der Waals surface area contributed by atoms with Crippen molar-refractivity contribution in [1.29, 1.82) is 0 Å². The Labute approximate surface area is 159 Å². The summed E-state index contributed by atoms with van der Waals surface area (Å²) in [5.41, 5.74) is 3.16. The lowest BCUT2D eigenvalue weighted by molar-refractivity contribution is -0.117. The molecular weight excluding hydrogens is 336 g/mol. The second-order valence-electron chi connectivity index (χ2n) is 6.33. The van der Waals surface area contributed by atoms with Crippen LogP contribution in [0.15, 0.2) is 79.1 Å². The Morgan fingerprint density at radius 3 is 2.52 bits per heavy atom. The Balaban J connectivity index is 1.61. The van der Waals surface area contributed by atoms with Crippen molar-refractivity contribution in [2.45, 2.75) is 19.9 Å². The molecule has 0 aliphatic carbocycles. The highest BCUT2D eigenvalue weighted by atomic mass is 16.5. The Morgan fingerprint density at radius 2 is 1.78 bits per heavy atom. The molecule has 1 atom stereocenters. The first-order chi connectivity index (χ1) is 13.1. The number of ether oxygens (including phenoxy) is 1. The van der Waals surface area contributed by atoms with Crippen molar-refractivity contribution in [2.24, 2.45) is 0 Å². The normalized spacial score (nSPS) is 11.9. The average Bonchev–Trinajstić information content (AvgIpc) is 2.68. The fraction of sp³-hybridized carbons (Fsp3) is 0.130. The summed E-state index contributed by atoms with van der Waals surface area (Å²) in [6.07, 6.45) is 6.73. The van der Waals surface area contributed by atoms with Gasteiger partial charge in [-0.25, -0.2) is 0 Å². The fourth-order valence-electron chi connectivity index (χ4n) is 2.58. The number of nitrogens with one attached hydrogen (secondary N) is 1. The molecule has 0 spiro atoms. The molecule has 0 unspecified atom stereocenters. The smallest absolute Gasteiger partial charge is 0.244 e. The first-order valence-electron chi connectivity index (χ1n) is 8.83. The van der Waals surface area contributed by atoms with E-state index >= 15 is 0 Å². The molecule has 136 valence electrons. The lowest BCUT2D eigenvalue weighted by atomic mass is 10.1.